The molecule has 0 spiro atoms. The van der Waals surface area contributed by atoms with Crippen molar-refractivity contribution in [1.29, 1.82) is 0 Å². The highest BCUT2D eigenvalue weighted by molar-refractivity contribution is 5.85. The van der Waals surface area contributed by atoms with E-state index in [2.05, 4.69) is 27.4 Å². The number of benzene rings is 1. The van der Waals surface area contributed by atoms with E-state index in [1.807, 2.05) is 35.9 Å². The first-order chi connectivity index (χ1) is 9.79. The van der Waals surface area contributed by atoms with Crippen molar-refractivity contribution < 1.29 is 0 Å². The molecule has 0 fully saturated rings. The zero-order valence-corrected chi connectivity index (χ0v) is 11.3. The molecule has 5 nitrogen and oxygen atoms in total. The number of hydrogen-bond acceptors (Lipinski definition) is 4. The van der Waals surface area contributed by atoms with Crippen LogP contribution in [0.15, 0.2) is 48.9 Å². The number of aromatic nitrogens is 3. The van der Waals surface area contributed by atoms with Crippen LogP contribution in [0.25, 0.3) is 11.0 Å². The molecule has 2 aromatic heterocycles. The highest BCUT2D eigenvalue weighted by Crippen LogP contribution is 2.23. The van der Waals surface area contributed by atoms with E-state index in [-0.39, 0.29) is 6.04 Å². The lowest BCUT2D eigenvalue weighted by molar-refractivity contribution is 0.785. The summed E-state index contributed by atoms with van der Waals surface area (Å²) in [5, 5.41) is 3.39. The van der Waals surface area contributed by atoms with Gasteiger partial charge in [0.1, 0.15) is 5.52 Å². The average molecular weight is 267 g/mol. The lowest BCUT2D eigenvalue weighted by Gasteiger charge is -2.18. The summed E-state index contributed by atoms with van der Waals surface area (Å²) in [5.74, 6) is 0.766. The molecular formula is C15H17N5. The van der Waals surface area contributed by atoms with Gasteiger partial charge in [-0.05, 0) is 11.6 Å². The molecule has 0 aliphatic carbocycles. The normalized spacial score (nSPS) is 12.5. The summed E-state index contributed by atoms with van der Waals surface area (Å²) < 4.78 is 1.97. The van der Waals surface area contributed by atoms with Crippen LogP contribution in [0.5, 0.6) is 0 Å². The molecule has 5 heteroatoms. The van der Waals surface area contributed by atoms with Crippen molar-refractivity contribution in [1.82, 2.24) is 14.5 Å². The molecule has 2 heterocycles. The smallest absolute Gasteiger partial charge is 0.154 e. The molecule has 0 radical (unpaired) electrons. The molecule has 1 aromatic carbocycles. The van der Waals surface area contributed by atoms with Gasteiger partial charge in [-0.25, -0.2) is 9.97 Å². The van der Waals surface area contributed by atoms with E-state index < -0.39 is 0 Å². The van der Waals surface area contributed by atoms with Crippen molar-refractivity contribution in [2.45, 2.75) is 6.04 Å². The second-order valence-electron chi connectivity index (χ2n) is 4.73. The third-order valence-electron chi connectivity index (χ3n) is 3.39. The Hall–Kier alpha value is -2.40. The van der Waals surface area contributed by atoms with Crippen LogP contribution in [0.4, 0.5) is 5.82 Å². The van der Waals surface area contributed by atoms with Gasteiger partial charge >= 0.3 is 0 Å². The van der Waals surface area contributed by atoms with Crippen LogP contribution >= 0.6 is 0 Å². The molecule has 0 aliphatic rings. The number of fused-ring (bicyclic) bond motifs is 1. The number of nitrogens with one attached hydrogen (secondary N) is 1. The second kappa shape index (κ2) is 5.30. The molecule has 0 saturated heterocycles. The molecule has 0 saturated carbocycles. The van der Waals surface area contributed by atoms with Crippen LogP contribution < -0.4 is 11.1 Å². The van der Waals surface area contributed by atoms with Gasteiger partial charge in [0.05, 0.1) is 17.9 Å². The maximum atomic E-state index is 5.89. The van der Waals surface area contributed by atoms with E-state index in [0.29, 0.717) is 6.54 Å². The van der Waals surface area contributed by atoms with Gasteiger partial charge in [0.2, 0.25) is 0 Å². The minimum atomic E-state index is 0.0244. The van der Waals surface area contributed by atoms with Crippen LogP contribution in [-0.2, 0) is 7.05 Å². The summed E-state index contributed by atoms with van der Waals surface area (Å²) in [5.41, 5.74) is 8.94. The molecule has 20 heavy (non-hydrogen) atoms. The molecule has 3 aromatic rings. The number of nitrogens with zero attached hydrogens (tertiary/aromatic N) is 3. The topological polar surface area (TPSA) is 68.8 Å². The maximum absolute atomic E-state index is 5.89. The number of rotatable bonds is 4. The molecule has 102 valence electrons. The van der Waals surface area contributed by atoms with E-state index in [1.54, 1.807) is 12.5 Å². The van der Waals surface area contributed by atoms with E-state index >= 15 is 0 Å². The molecule has 3 N–H and O–H groups in total. The van der Waals surface area contributed by atoms with E-state index in [1.165, 1.54) is 0 Å². The first-order valence-electron chi connectivity index (χ1n) is 6.57. The zero-order chi connectivity index (χ0) is 13.9. The molecule has 1 unspecified atom stereocenters. The predicted octanol–water partition coefficient (Wildman–Crippen LogP) is 2.08. The van der Waals surface area contributed by atoms with Crippen LogP contribution in [0, 0.1) is 0 Å². The first kappa shape index (κ1) is 12.6. The Morgan fingerprint density at radius 1 is 1.20 bits per heavy atom. The van der Waals surface area contributed by atoms with Crippen molar-refractivity contribution >= 4 is 16.9 Å². The summed E-state index contributed by atoms with van der Waals surface area (Å²) in [6, 6.07) is 12.1. The highest BCUT2D eigenvalue weighted by Gasteiger charge is 2.13. The Labute approximate surface area is 117 Å². The summed E-state index contributed by atoms with van der Waals surface area (Å²) in [6.07, 6.45) is 3.57. The van der Waals surface area contributed by atoms with Crippen molar-refractivity contribution in [3.63, 3.8) is 0 Å². The van der Waals surface area contributed by atoms with Crippen LogP contribution in [0.1, 0.15) is 11.6 Å². The van der Waals surface area contributed by atoms with Crippen molar-refractivity contribution in [3.8, 4) is 0 Å². The van der Waals surface area contributed by atoms with E-state index in [9.17, 15) is 0 Å². The molecule has 3 rings (SSSR count). The quantitative estimate of drug-likeness (QED) is 0.759. The standard InChI is InChI=1S/C15H17N5/c1-20-10-18-14-13(20)7-8-17-15(14)19-12(9-16)11-5-3-2-4-6-11/h2-8,10,12H,9,16H2,1H3,(H,17,19). The predicted molar refractivity (Wildman–Crippen MR) is 80.4 cm³/mol. The summed E-state index contributed by atoms with van der Waals surface area (Å²) in [4.78, 5) is 8.79. The van der Waals surface area contributed by atoms with Gasteiger partial charge in [-0.2, -0.15) is 0 Å². The van der Waals surface area contributed by atoms with Crippen LogP contribution in [0.3, 0.4) is 0 Å². The zero-order valence-electron chi connectivity index (χ0n) is 11.3. The third-order valence-corrected chi connectivity index (χ3v) is 3.39. The number of nitrogens with two attached hydrogens (primary N) is 1. The Morgan fingerprint density at radius 3 is 2.75 bits per heavy atom. The summed E-state index contributed by atoms with van der Waals surface area (Å²) >= 11 is 0. The van der Waals surface area contributed by atoms with Gasteiger partial charge in [0, 0.05) is 19.8 Å². The van der Waals surface area contributed by atoms with Crippen LogP contribution in [0.2, 0.25) is 0 Å². The average Bonchev–Trinajstić information content (AvgIpc) is 2.88. The molecule has 1 atom stereocenters. The summed E-state index contributed by atoms with van der Waals surface area (Å²) in [6.45, 7) is 0.495. The van der Waals surface area contributed by atoms with Gasteiger partial charge in [0.25, 0.3) is 0 Å². The number of imidazole rings is 1. The Balaban J connectivity index is 1.96. The minimum Gasteiger partial charge on any atom is -0.360 e. The third kappa shape index (κ3) is 2.23. The lowest BCUT2D eigenvalue weighted by Crippen LogP contribution is -2.21. The van der Waals surface area contributed by atoms with Crippen molar-refractivity contribution in [2.75, 3.05) is 11.9 Å². The molecular weight excluding hydrogens is 250 g/mol. The fourth-order valence-corrected chi connectivity index (χ4v) is 2.30. The lowest BCUT2D eigenvalue weighted by atomic mass is 10.1. The van der Waals surface area contributed by atoms with Gasteiger partial charge in [-0.15, -0.1) is 0 Å². The molecule has 0 bridgehead atoms. The van der Waals surface area contributed by atoms with E-state index in [4.69, 9.17) is 5.73 Å². The fraction of sp³-hybridized carbons (Fsp3) is 0.200. The number of aryl methyl sites for hydroxylation is 1. The maximum Gasteiger partial charge on any atom is 0.154 e. The Kier molecular flexibility index (Phi) is 3.35. The molecule has 0 aliphatic heterocycles. The Morgan fingerprint density at radius 2 is 2.00 bits per heavy atom. The number of anilines is 1. The highest BCUT2D eigenvalue weighted by atomic mass is 15.1. The Bertz CT molecular complexity index is 705. The second-order valence-corrected chi connectivity index (χ2v) is 4.73. The number of pyridine rings is 1. The SMILES string of the molecule is Cn1cnc2c(NC(CN)c3ccccc3)nccc21. The van der Waals surface area contributed by atoms with Gasteiger partial charge in [-0.3, -0.25) is 0 Å². The largest absolute Gasteiger partial charge is 0.360 e. The first-order valence-corrected chi connectivity index (χ1v) is 6.57. The monoisotopic (exact) mass is 267 g/mol. The van der Waals surface area contributed by atoms with Gasteiger partial charge in [0.15, 0.2) is 5.82 Å². The minimum absolute atomic E-state index is 0.0244. The fourth-order valence-electron chi connectivity index (χ4n) is 2.30. The van der Waals surface area contributed by atoms with Gasteiger partial charge < -0.3 is 15.6 Å². The summed E-state index contributed by atoms with van der Waals surface area (Å²) in [7, 11) is 1.97. The van der Waals surface area contributed by atoms with Crippen molar-refractivity contribution in [3.05, 3.63) is 54.5 Å². The number of hydrogen-bond donors (Lipinski definition) is 2. The van der Waals surface area contributed by atoms with E-state index in [0.717, 1.165) is 22.4 Å². The van der Waals surface area contributed by atoms with Gasteiger partial charge in [-0.1, -0.05) is 30.3 Å². The molecule has 0 amide bonds. The van der Waals surface area contributed by atoms with Crippen molar-refractivity contribution in [2.24, 2.45) is 12.8 Å². The van der Waals surface area contributed by atoms with Crippen LogP contribution in [-0.4, -0.2) is 21.1 Å².